The fourth-order valence-electron chi connectivity index (χ4n) is 1.16. The molecule has 2 nitrogen and oxygen atoms in total. The van der Waals surface area contributed by atoms with E-state index in [1.165, 1.54) is 0 Å². The average Bonchev–Trinajstić information content (AvgIpc) is 2.17. The molecule has 0 spiro atoms. The van der Waals surface area contributed by atoms with Crippen LogP contribution in [0.2, 0.25) is 11.6 Å². The average molecular weight is 238 g/mol. The normalized spacial score (nSPS) is 15.8. The topological polar surface area (TPSA) is 29.5 Å². The van der Waals surface area contributed by atoms with Gasteiger partial charge in [-0.25, -0.2) is 0 Å². The second kappa shape index (κ2) is 5.12. The highest BCUT2D eigenvalue weighted by molar-refractivity contribution is 6.74. The minimum atomic E-state index is -2.28. The molecule has 0 aliphatic carbocycles. The third-order valence-corrected chi connectivity index (χ3v) is 7.11. The molecule has 0 aliphatic rings. The first-order valence-corrected chi connectivity index (χ1v) is 8.32. The smallest absolute Gasteiger partial charge is 0.216 e. The molecular weight excluding hydrogens is 216 g/mol. The lowest BCUT2D eigenvalue weighted by molar-refractivity contribution is 0.145. The van der Waals surface area contributed by atoms with E-state index in [0.717, 1.165) is 5.56 Å². The van der Waals surface area contributed by atoms with Crippen LogP contribution in [-0.2, 0) is 11.3 Å². The van der Waals surface area contributed by atoms with Crippen molar-refractivity contribution in [3.8, 4) is 0 Å². The van der Waals surface area contributed by atoms with Gasteiger partial charge in [0.1, 0.15) is 0 Å². The van der Waals surface area contributed by atoms with Gasteiger partial charge in [-0.3, -0.25) is 0 Å². The third-order valence-electron chi connectivity index (χ3n) is 3.11. The first-order valence-electron chi connectivity index (χ1n) is 5.67. The molecule has 0 aromatic heterocycles. The summed E-state index contributed by atoms with van der Waals surface area (Å²) >= 11 is 0. The highest BCUT2D eigenvalue weighted by Crippen LogP contribution is 2.33. The molecule has 0 heterocycles. The molecule has 16 heavy (non-hydrogen) atoms. The van der Waals surface area contributed by atoms with Crippen molar-refractivity contribution >= 4 is 8.32 Å². The van der Waals surface area contributed by atoms with Gasteiger partial charge >= 0.3 is 0 Å². The zero-order valence-corrected chi connectivity index (χ0v) is 11.7. The van der Waals surface area contributed by atoms with Crippen molar-refractivity contribution in [2.24, 2.45) is 0 Å². The Labute approximate surface area is 99.4 Å². The molecule has 0 bridgehead atoms. The molecular formula is C13H22O2Si. The predicted molar refractivity (Wildman–Crippen MR) is 69.6 cm³/mol. The highest BCUT2D eigenvalue weighted by atomic mass is 28.4. The third kappa shape index (κ3) is 3.74. The lowest BCUT2D eigenvalue weighted by Crippen LogP contribution is -2.46. The van der Waals surface area contributed by atoms with E-state index in [4.69, 9.17) is 4.74 Å². The van der Waals surface area contributed by atoms with Gasteiger partial charge in [0.2, 0.25) is 8.32 Å². The van der Waals surface area contributed by atoms with Gasteiger partial charge in [0, 0.05) is 0 Å². The Morgan fingerprint density at radius 1 is 1.19 bits per heavy atom. The predicted octanol–water partition coefficient (Wildman–Crippen LogP) is 3.11. The number of rotatable bonds is 4. The zero-order chi connectivity index (χ0) is 12.2. The largest absolute Gasteiger partial charge is 0.429 e. The molecule has 1 N–H and O–H groups in total. The van der Waals surface area contributed by atoms with E-state index < -0.39 is 8.32 Å². The van der Waals surface area contributed by atoms with Crippen LogP contribution < -0.4 is 0 Å². The van der Waals surface area contributed by atoms with E-state index >= 15 is 0 Å². The quantitative estimate of drug-likeness (QED) is 0.817. The molecule has 1 unspecified atom stereocenters. The first kappa shape index (κ1) is 13.4. The molecule has 0 aliphatic heterocycles. The van der Waals surface area contributed by atoms with Crippen LogP contribution in [0.3, 0.4) is 0 Å². The summed E-state index contributed by atoms with van der Waals surface area (Å²) < 4.78 is 5.62. The first-order chi connectivity index (χ1) is 7.33. The SMILES string of the molecule is CC(C)(C)[Si](C)(O)COCc1ccccc1. The van der Waals surface area contributed by atoms with Gasteiger partial charge in [-0.1, -0.05) is 51.1 Å². The van der Waals surface area contributed by atoms with Crippen LogP contribution in [0.15, 0.2) is 30.3 Å². The van der Waals surface area contributed by atoms with Gasteiger partial charge in [0.15, 0.2) is 0 Å². The lowest BCUT2D eigenvalue weighted by atomic mass is 10.2. The van der Waals surface area contributed by atoms with Gasteiger partial charge in [-0.2, -0.15) is 0 Å². The minimum absolute atomic E-state index is 0.0380. The fourth-order valence-corrected chi connectivity index (χ4v) is 2.09. The van der Waals surface area contributed by atoms with Crippen LogP contribution in [0, 0.1) is 0 Å². The summed E-state index contributed by atoms with van der Waals surface area (Å²) in [5, 5.41) is -0.0380. The molecule has 0 fully saturated rings. The fraction of sp³-hybridized carbons (Fsp3) is 0.538. The summed E-state index contributed by atoms with van der Waals surface area (Å²) in [4.78, 5) is 10.3. The van der Waals surface area contributed by atoms with Gasteiger partial charge in [0.25, 0.3) is 0 Å². The van der Waals surface area contributed by atoms with Gasteiger partial charge < -0.3 is 9.53 Å². The van der Waals surface area contributed by atoms with Crippen LogP contribution in [0.5, 0.6) is 0 Å². The molecule has 0 saturated carbocycles. The Hall–Kier alpha value is -0.643. The molecule has 0 saturated heterocycles. The van der Waals surface area contributed by atoms with E-state index in [1.54, 1.807) is 0 Å². The maximum Gasteiger partial charge on any atom is 0.216 e. The van der Waals surface area contributed by atoms with Crippen LogP contribution in [0.25, 0.3) is 0 Å². The molecule has 0 radical (unpaired) electrons. The summed E-state index contributed by atoms with van der Waals surface area (Å²) in [5.41, 5.74) is 1.15. The van der Waals surface area contributed by atoms with Crippen molar-refractivity contribution in [3.05, 3.63) is 35.9 Å². The number of benzene rings is 1. The van der Waals surface area contributed by atoms with Crippen LogP contribution in [-0.4, -0.2) is 19.3 Å². The van der Waals surface area contributed by atoms with Crippen molar-refractivity contribution < 1.29 is 9.53 Å². The molecule has 1 aromatic rings. The van der Waals surface area contributed by atoms with Crippen LogP contribution in [0.4, 0.5) is 0 Å². The summed E-state index contributed by atoms with van der Waals surface area (Å²) in [6, 6.07) is 10.1. The van der Waals surface area contributed by atoms with Crippen molar-refractivity contribution in [2.75, 3.05) is 6.23 Å². The van der Waals surface area contributed by atoms with Crippen LogP contribution >= 0.6 is 0 Å². The molecule has 1 atom stereocenters. The maximum atomic E-state index is 10.3. The monoisotopic (exact) mass is 238 g/mol. The van der Waals surface area contributed by atoms with E-state index in [2.05, 4.69) is 20.8 Å². The van der Waals surface area contributed by atoms with E-state index in [9.17, 15) is 4.80 Å². The van der Waals surface area contributed by atoms with Gasteiger partial charge in [0.05, 0.1) is 12.8 Å². The minimum Gasteiger partial charge on any atom is -0.429 e. The molecule has 90 valence electrons. The Morgan fingerprint density at radius 3 is 2.25 bits per heavy atom. The summed E-state index contributed by atoms with van der Waals surface area (Å²) in [6.45, 7) is 8.76. The zero-order valence-electron chi connectivity index (χ0n) is 10.7. The van der Waals surface area contributed by atoms with Crippen molar-refractivity contribution in [3.63, 3.8) is 0 Å². The Morgan fingerprint density at radius 2 is 1.75 bits per heavy atom. The maximum absolute atomic E-state index is 10.3. The Bertz CT molecular complexity index is 314. The Kier molecular flexibility index (Phi) is 4.30. The molecule has 0 amide bonds. The summed E-state index contributed by atoms with van der Waals surface area (Å²) in [6.07, 6.45) is 0.491. The van der Waals surface area contributed by atoms with E-state index in [-0.39, 0.29) is 5.04 Å². The lowest BCUT2D eigenvalue weighted by Gasteiger charge is -2.34. The number of ether oxygens (including phenoxy) is 1. The summed E-state index contributed by atoms with van der Waals surface area (Å²) in [5.74, 6) is 0. The second-order valence-electron chi connectivity index (χ2n) is 5.50. The van der Waals surface area contributed by atoms with Gasteiger partial charge in [-0.15, -0.1) is 0 Å². The van der Waals surface area contributed by atoms with Crippen molar-refractivity contribution in [1.82, 2.24) is 0 Å². The number of hydrogen-bond acceptors (Lipinski definition) is 2. The Balaban J connectivity index is 2.42. The second-order valence-corrected chi connectivity index (χ2v) is 9.84. The van der Waals surface area contributed by atoms with Crippen molar-refractivity contribution in [1.29, 1.82) is 0 Å². The van der Waals surface area contributed by atoms with Crippen molar-refractivity contribution in [2.45, 2.75) is 39.0 Å². The molecule has 3 heteroatoms. The van der Waals surface area contributed by atoms with Gasteiger partial charge in [-0.05, 0) is 17.1 Å². The van der Waals surface area contributed by atoms with E-state index in [1.807, 2.05) is 36.9 Å². The van der Waals surface area contributed by atoms with E-state index in [0.29, 0.717) is 12.8 Å². The molecule has 1 aromatic carbocycles. The van der Waals surface area contributed by atoms with Crippen LogP contribution in [0.1, 0.15) is 26.3 Å². The highest BCUT2D eigenvalue weighted by Gasteiger charge is 2.38. The molecule has 1 rings (SSSR count). The standard InChI is InChI=1S/C13H22O2Si/c1-13(2,3)16(4,14)11-15-10-12-8-6-5-7-9-12/h5-9,14H,10-11H2,1-4H3. The number of hydrogen-bond donors (Lipinski definition) is 1. The summed E-state index contributed by atoms with van der Waals surface area (Å²) in [7, 11) is -2.28.